The second-order valence-electron chi connectivity index (χ2n) is 2.74. The lowest BCUT2D eigenvalue weighted by Gasteiger charge is -1.79. The normalized spacial score (nSPS) is 7.06. The third-order valence-corrected chi connectivity index (χ3v) is 1.13. The fraction of sp³-hybridized carbons (Fsp3) is 0.417. The smallest absolute Gasteiger partial charge is 0.303 e. The first-order chi connectivity index (χ1) is 8.50. The van der Waals surface area contributed by atoms with E-state index in [1.807, 2.05) is 43.3 Å². The van der Waals surface area contributed by atoms with E-state index in [1.54, 1.807) is 0 Å². The molecule has 1 rings (SSSR count). The Balaban J connectivity index is -0.000000179. The molecule has 0 aliphatic rings. The van der Waals surface area contributed by atoms with Crippen molar-refractivity contribution < 1.29 is 14.8 Å². The van der Waals surface area contributed by atoms with Gasteiger partial charge in [-0.05, 0) is 6.42 Å². The van der Waals surface area contributed by atoms with Gasteiger partial charge in [0.2, 0.25) is 0 Å². The van der Waals surface area contributed by atoms with Gasteiger partial charge in [0, 0.05) is 11.3 Å². The highest BCUT2D eigenvalue weighted by Crippen LogP contribution is 1.82. The molecule has 1 aromatic rings. The molecule has 1 aromatic carbocycles. The molecule has 0 saturated heterocycles. The Kier molecular flexibility index (Phi) is 24.5. The molecule has 0 aliphatic carbocycles. The van der Waals surface area contributed by atoms with Crippen molar-refractivity contribution in [2.24, 2.45) is 0 Å². The van der Waals surface area contributed by atoms with E-state index in [-0.39, 0.29) is 0 Å². The minimum Gasteiger partial charge on any atom is -0.481 e. The standard InChI is InChI=1S/C6H6.C4H8O2.CH3B.CH3NO2/c1-2-4-6-5-3-1;1-2-3-4(5)6;1-2;1-2(3)4/h1-6H;2-3H2,1H3,(H,5,6);1H3;1H3. The van der Waals surface area contributed by atoms with Gasteiger partial charge in [0.05, 0.1) is 7.85 Å². The number of nitro groups is 1. The molecule has 6 heteroatoms. The lowest BCUT2D eigenvalue weighted by atomic mass is 10.2. The van der Waals surface area contributed by atoms with Crippen molar-refractivity contribution in [1.82, 2.24) is 0 Å². The van der Waals surface area contributed by atoms with E-state index in [0.717, 1.165) is 13.5 Å². The summed E-state index contributed by atoms with van der Waals surface area (Å²) in [6.45, 7) is 3.34. The van der Waals surface area contributed by atoms with Crippen molar-refractivity contribution in [3.8, 4) is 0 Å². The monoisotopic (exact) mass is 253 g/mol. The molecule has 1 N–H and O–H groups in total. The zero-order valence-electron chi connectivity index (χ0n) is 11.1. The van der Waals surface area contributed by atoms with E-state index >= 15 is 0 Å². The fourth-order valence-electron chi connectivity index (χ4n) is 0.599. The highest BCUT2D eigenvalue weighted by molar-refractivity contribution is 6.05. The van der Waals surface area contributed by atoms with Crippen molar-refractivity contribution >= 4 is 13.8 Å². The first-order valence-electron chi connectivity index (χ1n) is 5.38. The summed E-state index contributed by atoms with van der Waals surface area (Å²) < 4.78 is 0. The first-order valence-corrected chi connectivity index (χ1v) is 5.38. The molecular weight excluding hydrogens is 233 g/mol. The summed E-state index contributed by atoms with van der Waals surface area (Å²) in [6, 6.07) is 12.0. The highest BCUT2D eigenvalue weighted by Gasteiger charge is 1.87. The number of hydrogen-bond acceptors (Lipinski definition) is 3. The Labute approximate surface area is 109 Å². The van der Waals surface area contributed by atoms with Crippen LogP contribution in [-0.4, -0.2) is 30.9 Å². The summed E-state index contributed by atoms with van der Waals surface area (Å²) in [4.78, 5) is 17.9. The number of hydrogen-bond donors (Lipinski definition) is 1. The second kappa shape index (κ2) is 20.6. The number of carbonyl (C=O) groups is 1. The minimum atomic E-state index is -0.711. The molecule has 0 heterocycles. The van der Waals surface area contributed by atoms with Crippen LogP contribution < -0.4 is 0 Å². The van der Waals surface area contributed by atoms with Gasteiger partial charge in [-0.1, -0.05) is 50.1 Å². The summed E-state index contributed by atoms with van der Waals surface area (Å²) in [5, 5.41) is 16.7. The van der Waals surface area contributed by atoms with Crippen LogP contribution in [0.15, 0.2) is 36.4 Å². The first kappa shape index (κ1) is 21.4. The third-order valence-electron chi connectivity index (χ3n) is 1.13. The van der Waals surface area contributed by atoms with Gasteiger partial charge in [-0.3, -0.25) is 14.9 Å². The van der Waals surface area contributed by atoms with Crippen LogP contribution in [0.2, 0.25) is 6.82 Å². The predicted molar refractivity (Wildman–Crippen MR) is 73.5 cm³/mol. The third kappa shape index (κ3) is 47.8. The summed E-state index contributed by atoms with van der Waals surface area (Å²) in [5.74, 6) is -0.711. The summed E-state index contributed by atoms with van der Waals surface area (Å²) in [7, 11) is 5.39. The van der Waals surface area contributed by atoms with Crippen LogP contribution in [-0.2, 0) is 4.79 Å². The maximum atomic E-state index is 9.60. The summed E-state index contributed by atoms with van der Waals surface area (Å²) in [6.07, 6.45) is 1.02. The Bertz CT molecular complexity index is 250. The summed E-state index contributed by atoms with van der Waals surface area (Å²) in [5.41, 5.74) is 0. The number of aliphatic carboxylic acids is 1. The van der Waals surface area contributed by atoms with Gasteiger partial charge in [0.25, 0.3) is 0 Å². The SMILES string of the molecule is CCCC(=O)O.C[N+](=O)[O-].[B]C.c1ccccc1. The summed E-state index contributed by atoms with van der Waals surface area (Å²) >= 11 is 0. The molecule has 0 saturated carbocycles. The fourth-order valence-corrected chi connectivity index (χ4v) is 0.599. The van der Waals surface area contributed by atoms with E-state index in [9.17, 15) is 4.79 Å². The molecule has 5 nitrogen and oxygen atoms in total. The molecular formula is C12H20BNO4. The maximum Gasteiger partial charge on any atom is 0.303 e. The highest BCUT2D eigenvalue weighted by atomic mass is 16.6. The van der Waals surface area contributed by atoms with Crippen LogP contribution >= 0.6 is 0 Å². The Morgan fingerprint density at radius 3 is 1.44 bits per heavy atom. The van der Waals surface area contributed by atoms with Gasteiger partial charge >= 0.3 is 5.97 Å². The lowest BCUT2D eigenvalue weighted by molar-refractivity contribution is -0.445. The van der Waals surface area contributed by atoms with Crippen LogP contribution in [0.25, 0.3) is 0 Å². The molecule has 0 aromatic heterocycles. The van der Waals surface area contributed by atoms with Gasteiger partial charge in [-0.2, -0.15) is 0 Å². The van der Waals surface area contributed by atoms with Crippen LogP contribution in [0.4, 0.5) is 0 Å². The van der Waals surface area contributed by atoms with E-state index in [4.69, 9.17) is 15.2 Å². The van der Waals surface area contributed by atoms with Gasteiger partial charge in [-0.15, -0.1) is 0 Å². The lowest BCUT2D eigenvalue weighted by Crippen LogP contribution is -1.90. The molecule has 0 fully saturated rings. The molecule has 100 valence electrons. The predicted octanol–water partition coefficient (Wildman–Crippen LogP) is 2.65. The molecule has 0 amide bonds. The number of nitrogens with zero attached hydrogens (tertiary/aromatic N) is 1. The number of carboxylic acid groups (broad SMARTS) is 1. The molecule has 0 unspecified atom stereocenters. The molecule has 0 spiro atoms. The van der Waals surface area contributed by atoms with Crippen LogP contribution in [0, 0.1) is 10.1 Å². The molecule has 0 bridgehead atoms. The molecule has 0 atom stereocenters. The molecule has 18 heavy (non-hydrogen) atoms. The number of rotatable bonds is 2. The van der Waals surface area contributed by atoms with Crippen LogP contribution in [0.5, 0.6) is 0 Å². The van der Waals surface area contributed by atoms with Crippen molar-refractivity contribution in [2.45, 2.75) is 26.6 Å². The van der Waals surface area contributed by atoms with Crippen molar-refractivity contribution in [1.29, 1.82) is 0 Å². The number of benzene rings is 1. The van der Waals surface area contributed by atoms with Gasteiger partial charge in [-0.25, -0.2) is 0 Å². The average Bonchev–Trinajstić information content (AvgIpc) is 2.34. The second-order valence-corrected chi connectivity index (χ2v) is 2.74. The maximum absolute atomic E-state index is 9.60. The van der Waals surface area contributed by atoms with Crippen LogP contribution in [0.3, 0.4) is 0 Å². The van der Waals surface area contributed by atoms with Gasteiger partial charge in [0.1, 0.15) is 0 Å². The quantitative estimate of drug-likeness (QED) is 0.499. The van der Waals surface area contributed by atoms with Crippen molar-refractivity contribution in [3.63, 3.8) is 0 Å². The van der Waals surface area contributed by atoms with E-state index in [1.165, 1.54) is 6.82 Å². The number of carboxylic acids is 1. The van der Waals surface area contributed by atoms with Gasteiger partial charge < -0.3 is 5.11 Å². The van der Waals surface area contributed by atoms with Crippen LogP contribution in [0.1, 0.15) is 19.8 Å². The van der Waals surface area contributed by atoms with E-state index < -0.39 is 10.9 Å². The van der Waals surface area contributed by atoms with E-state index in [2.05, 4.69) is 7.85 Å². The zero-order valence-corrected chi connectivity index (χ0v) is 11.1. The Morgan fingerprint density at radius 2 is 1.39 bits per heavy atom. The minimum absolute atomic E-state index is 0.292. The van der Waals surface area contributed by atoms with E-state index in [0.29, 0.717) is 6.42 Å². The molecule has 2 radical (unpaired) electrons. The van der Waals surface area contributed by atoms with Crippen molar-refractivity contribution in [3.05, 3.63) is 46.5 Å². The zero-order chi connectivity index (χ0) is 14.8. The van der Waals surface area contributed by atoms with Gasteiger partial charge in [0.15, 0.2) is 7.05 Å². The topological polar surface area (TPSA) is 80.4 Å². The Morgan fingerprint density at radius 1 is 1.17 bits per heavy atom. The average molecular weight is 253 g/mol. The van der Waals surface area contributed by atoms with Crippen molar-refractivity contribution in [2.75, 3.05) is 7.05 Å². The molecule has 0 aliphatic heterocycles. The largest absolute Gasteiger partial charge is 0.481 e. The Hall–Kier alpha value is -1.85.